The van der Waals surface area contributed by atoms with Gasteiger partial charge in [0.25, 0.3) is 5.69 Å². The summed E-state index contributed by atoms with van der Waals surface area (Å²) in [6, 6.07) is 10.6. The van der Waals surface area contributed by atoms with Gasteiger partial charge >= 0.3 is 5.97 Å². The summed E-state index contributed by atoms with van der Waals surface area (Å²) in [5, 5.41) is 11.2. The summed E-state index contributed by atoms with van der Waals surface area (Å²) >= 11 is 12.0. The minimum atomic E-state index is -0.639. The number of esters is 1. The molecule has 3 rings (SSSR count). The lowest BCUT2D eigenvalue weighted by atomic mass is 10.2. The highest BCUT2D eigenvalue weighted by molar-refractivity contribution is 6.44. The van der Waals surface area contributed by atoms with Crippen LogP contribution in [0.1, 0.15) is 11.1 Å². The Balaban J connectivity index is 1.94. The van der Waals surface area contributed by atoms with E-state index in [1.54, 1.807) is 18.2 Å². The molecular weight excluding hydrogens is 355 g/mol. The molecule has 0 N–H and O–H groups in total. The third-order valence-corrected chi connectivity index (χ3v) is 4.03. The monoisotopic (exact) mass is 362 g/mol. The number of benzene rings is 2. The molecule has 1 heterocycles. The maximum Gasteiger partial charge on any atom is 0.363 e. The molecule has 1 aliphatic heterocycles. The fourth-order valence-corrected chi connectivity index (χ4v) is 2.42. The number of non-ortho nitro benzene ring substituents is 1. The van der Waals surface area contributed by atoms with Crippen LogP contribution in [0, 0.1) is 10.1 Å². The number of aliphatic imine (C=N–C) groups is 1. The van der Waals surface area contributed by atoms with Crippen LogP contribution in [0.3, 0.4) is 0 Å². The number of rotatable bonds is 3. The second-order valence-electron chi connectivity index (χ2n) is 4.79. The summed E-state index contributed by atoms with van der Waals surface area (Å²) in [6.45, 7) is 0. The topological polar surface area (TPSA) is 81.8 Å². The fraction of sp³-hybridized carbons (Fsp3) is 0. The largest absolute Gasteiger partial charge is 0.402 e. The van der Waals surface area contributed by atoms with Gasteiger partial charge in [-0.15, -0.1) is 0 Å². The van der Waals surface area contributed by atoms with Gasteiger partial charge in [0.15, 0.2) is 5.70 Å². The van der Waals surface area contributed by atoms with Gasteiger partial charge in [-0.1, -0.05) is 29.3 Å². The predicted octanol–water partition coefficient (Wildman–Crippen LogP) is 4.25. The van der Waals surface area contributed by atoms with Crippen LogP contribution in [0.5, 0.6) is 0 Å². The molecule has 1 aliphatic rings. The van der Waals surface area contributed by atoms with Gasteiger partial charge in [0.1, 0.15) is 0 Å². The number of ether oxygens (including phenoxy) is 1. The van der Waals surface area contributed by atoms with E-state index in [1.807, 2.05) is 0 Å². The van der Waals surface area contributed by atoms with Gasteiger partial charge < -0.3 is 4.74 Å². The van der Waals surface area contributed by atoms with Crippen molar-refractivity contribution in [3.8, 4) is 0 Å². The van der Waals surface area contributed by atoms with Gasteiger partial charge in [-0.25, -0.2) is 9.79 Å². The number of carbonyl (C=O) groups excluding carboxylic acids is 1. The van der Waals surface area contributed by atoms with Crippen LogP contribution in [0.25, 0.3) is 6.08 Å². The van der Waals surface area contributed by atoms with Crippen LogP contribution in [-0.4, -0.2) is 16.8 Å². The first-order valence-electron chi connectivity index (χ1n) is 6.67. The summed E-state index contributed by atoms with van der Waals surface area (Å²) in [5.74, 6) is -0.583. The molecule has 24 heavy (non-hydrogen) atoms. The van der Waals surface area contributed by atoms with Gasteiger partial charge in [-0.05, 0) is 35.9 Å². The molecule has 0 aromatic heterocycles. The zero-order valence-corrected chi connectivity index (χ0v) is 13.4. The average Bonchev–Trinajstić information content (AvgIpc) is 2.91. The SMILES string of the molecule is O=C1OC(c2cccc(Cl)c2Cl)=N/C1=C/c1ccc([N+](=O)[O-])cc1. The Morgan fingerprint density at radius 1 is 1.12 bits per heavy atom. The minimum Gasteiger partial charge on any atom is -0.402 e. The molecule has 8 heteroatoms. The van der Waals surface area contributed by atoms with Crippen molar-refractivity contribution in [2.75, 3.05) is 0 Å². The van der Waals surface area contributed by atoms with Crippen molar-refractivity contribution in [1.29, 1.82) is 0 Å². The summed E-state index contributed by atoms with van der Waals surface area (Å²) in [5.41, 5.74) is 1.01. The van der Waals surface area contributed by atoms with E-state index in [4.69, 9.17) is 27.9 Å². The molecule has 0 radical (unpaired) electrons. The molecule has 0 amide bonds. The van der Waals surface area contributed by atoms with Crippen molar-refractivity contribution in [1.82, 2.24) is 0 Å². The quantitative estimate of drug-likeness (QED) is 0.353. The number of hydrogen-bond donors (Lipinski definition) is 0. The first-order valence-corrected chi connectivity index (χ1v) is 7.42. The zero-order valence-electron chi connectivity index (χ0n) is 11.9. The molecule has 0 bridgehead atoms. The number of nitro groups is 1. The van der Waals surface area contributed by atoms with Crippen molar-refractivity contribution in [3.63, 3.8) is 0 Å². The van der Waals surface area contributed by atoms with Gasteiger partial charge in [-0.3, -0.25) is 10.1 Å². The van der Waals surface area contributed by atoms with E-state index in [9.17, 15) is 14.9 Å². The Bertz CT molecular complexity index is 905. The lowest BCUT2D eigenvalue weighted by Gasteiger charge is -2.03. The Morgan fingerprint density at radius 2 is 1.83 bits per heavy atom. The third kappa shape index (κ3) is 3.15. The number of cyclic esters (lactones) is 1. The van der Waals surface area contributed by atoms with E-state index >= 15 is 0 Å². The number of carbonyl (C=O) groups is 1. The maximum absolute atomic E-state index is 11.9. The van der Waals surface area contributed by atoms with Crippen LogP contribution in [0.15, 0.2) is 53.2 Å². The number of nitrogens with zero attached hydrogens (tertiary/aromatic N) is 2. The summed E-state index contributed by atoms with van der Waals surface area (Å²) in [7, 11) is 0. The van der Waals surface area contributed by atoms with Crippen molar-refractivity contribution >= 4 is 46.8 Å². The Morgan fingerprint density at radius 3 is 2.50 bits per heavy atom. The van der Waals surface area contributed by atoms with E-state index in [1.165, 1.54) is 30.3 Å². The molecule has 0 unspecified atom stereocenters. The van der Waals surface area contributed by atoms with Gasteiger partial charge in [-0.2, -0.15) is 0 Å². The molecule has 6 nitrogen and oxygen atoms in total. The molecule has 0 fully saturated rings. The molecule has 2 aromatic carbocycles. The highest BCUT2D eigenvalue weighted by atomic mass is 35.5. The lowest BCUT2D eigenvalue weighted by molar-refractivity contribution is -0.384. The highest BCUT2D eigenvalue weighted by Crippen LogP contribution is 2.29. The van der Waals surface area contributed by atoms with E-state index in [2.05, 4.69) is 4.99 Å². The average molecular weight is 363 g/mol. The molecule has 0 saturated heterocycles. The number of nitro benzene ring substituents is 1. The normalized spacial score (nSPS) is 15.3. The second-order valence-corrected chi connectivity index (χ2v) is 5.57. The number of hydrogen-bond acceptors (Lipinski definition) is 5. The van der Waals surface area contributed by atoms with Crippen molar-refractivity contribution in [2.24, 2.45) is 4.99 Å². The molecule has 0 aliphatic carbocycles. The Hall–Kier alpha value is -2.70. The van der Waals surface area contributed by atoms with Gasteiger partial charge in [0.05, 0.1) is 20.5 Å². The predicted molar refractivity (Wildman–Crippen MR) is 90.2 cm³/mol. The van der Waals surface area contributed by atoms with Crippen LogP contribution in [0.4, 0.5) is 5.69 Å². The van der Waals surface area contributed by atoms with E-state index in [0.29, 0.717) is 16.1 Å². The highest BCUT2D eigenvalue weighted by Gasteiger charge is 2.26. The minimum absolute atomic E-state index is 0.0407. The van der Waals surface area contributed by atoms with Crippen LogP contribution in [0.2, 0.25) is 10.0 Å². The van der Waals surface area contributed by atoms with E-state index < -0.39 is 10.9 Å². The van der Waals surface area contributed by atoms with Crippen LogP contribution in [-0.2, 0) is 9.53 Å². The molecule has 0 spiro atoms. The van der Waals surface area contributed by atoms with E-state index in [-0.39, 0.29) is 22.3 Å². The van der Waals surface area contributed by atoms with Crippen LogP contribution >= 0.6 is 23.2 Å². The van der Waals surface area contributed by atoms with Gasteiger partial charge in [0, 0.05) is 12.1 Å². The Kier molecular flexibility index (Phi) is 4.33. The molecule has 0 saturated carbocycles. The zero-order chi connectivity index (χ0) is 17.3. The summed E-state index contributed by atoms with van der Waals surface area (Å²) in [4.78, 5) is 26.2. The summed E-state index contributed by atoms with van der Waals surface area (Å²) < 4.78 is 5.12. The molecule has 0 atom stereocenters. The lowest BCUT2D eigenvalue weighted by Crippen LogP contribution is -2.06. The summed E-state index contributed by atoms with van der Waals surface area (Å²) in [6.07, 6.45) is 1.47. The van der Waals surface area contributed by atoms with Crippen molar-refractivity contribution < 1.29 is 14.5 Å². The van der Waals surface area contributed by atoms with Gasteiger partial charge in [0.2, 0.25) is 5.90 Å². The van der Waals surface area contributed by atoms with Crippen LogP contribution < -0.4 is 0 Å². The van der Waals surface area contributed by atoms with Crippen molar-refractivity contribution in [3.05, 3.63) is 79.4 Å². The smallest absolute Gasteiger partial charge is 0.363 e. The first kappa shape index (κ1) is 16.2. The third-order valence-electron chi connectivity index (χ3n) is 3.21. The van der Waals surface area contributed by atoms with E-state index in [0.717, 1.165) is 0 Å². The molecule has 2 aromatic rings. The van der Waals surface area contributed by atoms with Crippen molar-refractivity contribution in [2.45, 2.75) is 0 Å². The first-order chi connectivity index (χ1) is 11.5. The standard InChI is InChI=1S/C16H8Cl2N2O4/c17-12-3-1-2-11(14(12)18)15-19-13(16(21)24-15)8-9-4-6-10(7-5-9)20(22)23/h1-8H/b13-8+. The number of halogens is 2. The fourth-order valence-electron chi connectivity index (χ4n) is 2.04. The Labute approximate surface area is 146 Å². The maximum atomic E-state index is 11.9. The second kappa shape index (κ2) is 6.43. The molecular formula is C16H8Cl2N2O4. The molecule has 120 valence electrons.